The first kappa shape index (κ1) is 13.7. The largest absolute Gasteiger partial charge is 0.391 e. The van der Waals surface area contributed by atoms with E-state index in [1.54, 1.807) is 11.6 Å². The van der Waals surface area contributed by atoms with Gasteiger partial charge in [-0.25, -0.2) is 4.98 Å². The normalized spacial score (nSPS) is 12.8. The molecule has 0 aliphatic heterocycles. The fourth-order valence-electron chi connectivity index (χ4n) is 1.87. The molecule has 0 amide bonds. The van der Waals surface area contributed by atoms with E-state index in [0.29, 0.717) is 25.4 Å². The van der Waals surface area contributed by atoms with Crippen molar-refractivity contribution in [3.8, 4) is 0 Å². The third-order valence-corrected chi connectivity index (χ3v) is 3.04. The standard InChI is InChI=1S/C12H19N5O2/c1-8-9(2)16-12-14-7-15-17(12)11(8)13-5-4-10(18)6-19-3/h7,10,13,18H,4-6H2,1-3H3. The van der Waals surface area contributed by atoms with Crippen LogP contribution in [0.1, 0.15) is 17.7 Å². The zero-order valence-corrected chi connectivity index (χ0v) is 11.4. The van der Waals surface area contributed by atoms with E-state index >= 15 is 0 Å². The van der Waals surface area contributed by atoms with Gasteiger partial charge in [-0.1, -0.05) is 0 Å². The maximum atomic E-state index is 9.61. The summed E-state index contributed by atoms with van der Waals surface area (Å²) in [6.45, 7) is 4.89. The molecule has 1 atom stereocenters. The summed E-state index contributed by atoms with van der Waals surface area (Å²) in [7, 11) is 1.58. The number of aromatic nitrogens is 4. The smallest absolute Gasteiger partial charge is 0.254 e. The molecule has 2 rings (SSSR count). The molecule has 2 heterocycles. The molecule has 1 unspecified atom stereocenters. The van der Waals surface area contributed by atoms with Crippen molar-refractivity contribution in [3.05, 3.63) is 17.6 Å². The average molecular weight is 265 g/mol. The minimum Gasteiger partial charge on any atom is -0.391 e. The fraction of sp³-hybridized carbons (Fsp3) is 0.583. The highest BCUT2D eigenvalue weighted by atomic mass is 16.5. The highest BCUT2D eigenvalue weighted by molar-refractivity contribution is 5.51. The van der Waals surface area contributed by atoms with Crippen molar-refractivity contribution in [2.75, 3.05) is 25.6 Å². The van der Waals surface area contributed by atoms with Crippen molar-refractivity contribution >= 4 is 11.6 Å². The molecule has 0 saturated carbocycles. The summed E-state index contributed by atoms with van der Waals surface area (Å²) in [6, 6.07) is 0. The summed E-state index contributed by atoms with van der Waals surface area (Å²) in [5, 5.41) is 17.0. The molecule has 0 spiro atoms. The number of rotatable bonds is 6. The van der Waals surface area contributed by atoms with Crippen molar-refractivity contribution in [1.29, 1.82) is 0 Å². The second kappa shape index (κ2) is 5.94. The van der Waals surface area contributed by atoms with Crippen LogP contribution in [-0.4, -0.2) is 51.1 Å². The molecule has 2 N–H and O–H groups in total. The van der Waals surface area contributed by atoms with E-state index in [0.717, 1.165) is 17.1 Å². The number of anilines is 1. The Morgan fingerprint density at radius 2 is 2.26 bits per heavy atom. The van der Waals surface area contributed by atoms with Crippen molar-refractivity contribution in [1.82, 2.24) is 19.6 Å². The van der Waals surface area contributed by atoms with Gasteiger partial charge in [0.25, 0.3) is 5.78 Å². The Morgan fingerprint density at radius 3 is 3.00 bits per heavy atom. The lowest BCUT2D eigenvalue weighted by molar-refractivity contribution is 0.0615. The predicted molar refractivity (Wildman–Crippen MR) is 71.2 cm³/mol. The van der Waals surface area contributed by atoms with Gasteiger partial charge in [0, 0.05) is 24.9 Å². The fourth-order valence-corrected chi connectivity index (χ4v) is 1.87. The zero-order chi connectivity index (χ0) is 13.8. The molecule has 0 fully saturated rings. The number of fused-ring (bicyclic) bond motifs is 1. The van der Waals surface area contributed by atoms with Crippen molar-refractivity contribution in [2.45, 2.75) is 26.4 Å². The first-order chi connectivity index (χ1) is 9.13. The van der Waals surface area contributed by atoms with Crippen LogP contribution in [0.25, 0.3) is 5.78 Å². The van der Waals surface area contributed by atoms with Crippen LogP contribution < -0.4 is 5.32 Å². The van der Waals surface area contributed by atoms with Gasteiger partial charge in [-0.05, 0) is 20.3 Å². The van der Waals surface area contributed by atoms with Crippen LogP contribution in [0.5, 0.6) is 0 Å². The SMILES string of the molecule is COCC(O)CCNc1c(C)c(C)nc2ncnn12. The minimum atomic E-state index is -0.466. The Bertz CT molecular complexity index is 554. The van der Waals surface area contributed by atoms with E-state index in [1.165, 1.54) is 6.33 Å². The first-order valence-corrected chi connectivity index (χ1v) is 6.21. The number of aliphatic hydroxyl groups excluding tert-OH is 1. The van der Waals surface area contributed by atoms with Gasteiger partial charge in [0.05, 0.1) is 12.7 Å². The van der Waals surface area contributed by atoms with Gasteiger partial charge in [-0.3, -0.25) is 0 Å². The molecule has 0 saturated heterocycles. The van der Waals surface area contributed by atoms with Gasteiger partial charge in [0.1, 0.15) is 12.1 Å². The average Bonchev–Trinajstić information content (AvgIpc) is 2.82. The molecule has 19 heavy (non-hydrogen) atoms. The Hall–Kier alpha value is -1.73. The molecule has 0 radical (unpaired) electrons. The van der Waals surface area contributed by atoms with E-state index in [9.17, 15) is 5.11 Å². The Balaban J connectivity index is 2.11. The number of nitrogens with zero attached hydrogens (tertiary/aromatic N) is 4. The van der Waals surface area contributed by atoms with E-state index in [1.807, 2.05) is 13.8 Å². The number of hydrogen-bond donors (Lipinski definition) is 2. The summed E-state index contributed by atoms with van der Waals surface area (Å²) in [4.78, 5) is 8.43. The monoisotopic (exact) mass is 265 g/mol. The lowest BCUT2D eigenvalue weighted by Gasteiger charge is -2.14. The topological polar surface area (TPSA) is 84.6 Å². The number of aliphatic hydroxyl groups is 1. The van der Waals surface area contributed by atoms with Gasteiger partial charge in [-0.2, -0.15) is 14.6 Å². The molecule has 2 aromatic rings. The third kappa shape index (κ3) is 2.99. The second-order valence-corrected chi connectivity index (χ2v) is 4.47. The van der Waals surface area contributed by atoms with Crippen LogP contribution in [0.4, 0.5) is 5.82 Å². The highest BCUT2D eigenvalue weighted by Gasteiger charge is 2.11. The number of nitrogens with one attached hydrogen (secondary N) is 1. The molecular weight excluding hydrogens is 246 g/mol. The van der Waals surface area contributed by atoms with E-state index in [-0.39, 0.29) is 0 Å². The number of ether oxygens (including phenoxy) is 1. The molecule has 104 valence electrons. The molecule has 7 nitrogen and oxygen atoms in total. The van der Waals surface area contributed by atoms with Gasteiger partial charge in [-0.15, -0.1) is 0 Å². The van der Waals surface area contributed by atoms with E-state index < -0.39 is 6.10 Å². The summed E-state index contributed by atoms with van der Waals surface area (Å²) in [6.07, 6.45) is 1.61. The third-order valence-electron chi connectivity index (χ3n) is 3.04. The van der Waals surface area contributed by atoms with Crippen LogP contribution in [0, 0.1) is 13.8 Å². The maximum absolute atomic E-state index is 9.61. The molecule has 0 bridgehead atoms. The van der Waals surface area contributed by atoms with Crippen molar-refractivity contribution in [3.63, 3.8) is 0 Å². The van der Waals surface area contributed by atoms with Crippen LogP contribution >= 0.6 is 0 Å². The van der Waals surface area contributed by atoms with Crippen LogP contribution in [-0.2, 0) is 4.74 Å². The number of aryl methyl sites for hydroxylation is 1. The van der Waals surface area contributed by atoms with Gasteiger partial charge >= 0.3 is 0 Å². The summed E-state index contributed by atoms with van der Waals surface area (Å²) in [5.74, 6) is 1.44. The molecule has 0 aromatic carbocycles. The summed E-state index contributed by atoms with van der Waals surface area (Å²) < 4.78 is 6.56. The lowest BCUT2D eigenvalue weighted by atomic mass is 10.2. The summed E-state index contributed by atoms with van der Waals surface area (Å²) >= 11 is 0. The van der Waals surface area contributed by atoms with Crippen LogP contribution in [0.15, 0.2) is 6.33 Å². The van der Waals surface area contributed by atoms with E-state index in [4.69, 9.17) is 4.74 Å². The number of methoxy groups -OCH3 is 1. The molecular formula is C12H19N5O2. The Morgan fingerprint density at radius 1 is 1.47 bits per heavy atom. The van der Waals surface area contributed by atoms with Gasteiger partial charge < -0.3 is 15.2 Å². The van der Waals surface area contributed by atoms with Crippen LogP contribution in [0.3, 0.4) is 0 Å². The van der Waals surface area contributed by atoms with Crippen LogP contribution in [0.2, 0.25) is 0 Å². The molecule has 7 heteroatoms. The number of hydrogen-bond acceptors (Lipinski definition) is 6. The highest BCUT2D eigenvalue weighted by Crippen LogP contribution is 2.17. The Kier molecular flexibility index (Phi) is 4.28. The first-order valence-electron chi connectivity index (χ1n) is 6.21. The van der Waals surface area contributed by atoms with E-state index in [2.05, 4.69) is 20.4 Å². The Labute approximate surface area is 111 Å². The zero-order valence-electron chi connectivity index (χ0n) is 11.4. The molecule has 0 aliphatic carbocycles. The van der Waals surface area contributed by atoms with Gasteiger partial charge in [0.2, 0.25) is 0 Å². The minimum absolute atomic E-state index is 0.342. The van der Waals surface area contributed by atoms with Crippen molar-refractivity contribution < 1.29 is 9.84 Å². The second-order valence-electron chi connectivity index (χ2n) is 4.47. The van der Waals surface area contributed by atoms with Gasteiger partial charge in [0.15, 0.2) is 0 Å². The molecule has 2 aromatic heterocycles. The lowest BCUT2D eigenvalue weighted by Crippen LogP contribution is -2.20. The maximum Gasteiger partial charge on any atom is 0.254 e. The summed E-state index contributed by atoms with van der Waals surface area (Å²) in [5.41, 5.74) is 1.94. The molecule has 0 aliphatic rings. The predicted octanol–water partition coefficient (Wildman–Crippen LogP) is 0.550. The van der Waals surface area contributed by atoms with Crippen molar-refractivity contribution in [2.24, 2.45) is 0 Å². The quantitative estimate of drug-likeness (QED) is 0.793.